The van der Waals surface area contributed by atoms with Gasteiger partial charge in [-0.25, -0.2) is 0 Å². The molecule has 0 N–H and O–H groups in total. The number of ether oxygens (including phenoxy) is 1. The number of carbonyl (C=O) groups is 1. The lowest BCUT2D eigenvalue weighted by Gasteiger charge is -2.54. The molecule has 0 radical (unpaired) electrons. The van der Waals surface area contributed by atoms with Gasteiger partial charge < -0.3 is 9.64 Å². The average molecular weight is 315 g/mol. The summed E-state index contributed by atoms with van der Waals surface area (Å²) in [6.07, 6.45) is 4.72. The summed E-state index contributed by atoms with van der Waals surface area (Å²) in [6.45, 7) is 7.20. The van der Waals surface area contributed by atoms with Gasteiger partial charge >= 0.3 is 0 Å². The van der Waals surface area contributed by atoms with Crippen LogP contribution in [0.5, 0.6) is 0 Å². The first-order valence-corrected chi connectivity index (χ1v) is 8.16. The number of aromatic nitrogens is 1. The molecule has 1 aromatic rings. The van der Waals surface area contributed by atoms with Gasteiger partial charge in [-0.2, -0.15) is 5.26 Å². The highest BCUT2D eigenvalue weighted by atomic mass is 16.5. The first kappa shape index (κ1) is 17.4. The third-order valence-electron chi connectivity index (χ3n) is 4.84. The van der Waals surface area contributed by atoms with E-state index in [0.29, 0.717) is 11.3 Å². The molecular weight excluding hydrogens is 290 g/mol. The Bertz CT molecular complexity index is 607. The molecule has 0 spiro atoms. The van der Waals surface area contributed by atoms with Gasteiger partial charge in [-0.05, 0) is 25.0 Å². The van der Waals surface area contributed by atoms with E-state index < -0.39 is 0 Å². The largest absolute Gasteiger partial charge is 0.378 e. The number of amides is 1. The molecule has 1 heterocycles. The van der Waals surface area contributed by atoms with Gasteiger partial charge in [0, 0.05) is 31.3 Å². The van der Waals surface area contributed by atoms with Crippen molar-refractivity contribution in [3.05, 3.63) is 29.6 Å². The monoisotopic (exact) mass is 315 g/mol. The Kier molecular flexibility index (Phi) is 5.38. The number of hydrogen-bond donors (Lipinski definition) is 0. The molecule has 1 aromatic heterocycles. The molecule has 0 aromatic carbocycles. The van der Waals surface area contributed by atoms with Crippen molar-refractivity contribution < 1.29 is 9.53 Å². The predicted molar refractivity (Wildman–Crippen MR) is 87.9 cm³/mol. The van der Waals surface area contributed by atoms with Gasteiger partial charge in [0.1, 0.15) is 5.69 Å². The zero-order valence-corrected chi connectivity index (χ0v) is 14.4. The van der Waals surface area contributed by atoms with Crippen LogP contribution in [0.4, 0.5) is 0 Å². The van der Waals surface area contributed by atoms with Gasteiger partial charge in [0.25, 0.3) is 5.91 Å². The second-order valence-electron chi connectivity index (χ2n) is 6.74. The molecule has 23 heavy (non-hydrogen) atoms. The summed E-state index contributed by atoms with van der Waals surface area (Å²) in [4.78, 5) is 18.5. The minimum absolute atomic E-state index is 0.0784. The fourth-order valence-corrected chi connectivity index (χ4v) is 3.11. The van der Waals surface area contributed by atoms with E-state index in [9.17, 15) is 4.79 Å². The summed E-state index contributed by atoms with van der Waals surface area (Å²) < 4.78 is 5.94. The first-order chi connectivity index (χ1) is 10.9. The van der Waals surface area contributed by atoms with Crippen LogP contribution in [0.3, 0.4) is 0 Å². The van der Waals surface area contributed by atoms with Gasteiger partial charge in [-0.3, -0.25) is 9.78 Å². The normalized spacial score (nSPS) is 22.0. The van der Waals surface area contributed by atoms with Crippen molar-refractivity contribution in [2.75, 3.05) is 13.7 Å². The van der Waals surface area contributed by atoms with Crippen LogP contribution in [0.1, 0.15) is 56.1 Å². The maximum absolute atomic E-state index is 12.6. The number of nitriles is 1. The Morgan fingerprint density at radius 1 is 1.57 bits per heavy atom. The molecule has 1 aliphatic carbocycles. The number of hydrogen-bond acceptors (Lipinski definition) is 4. The lowest BCUT2D eigenvalue weighted by molar-refractivity contribution is -0.140. The Balaban J connectivity index is 2.02. The third-order valence-corrected chi connectivity index (χ3v) is 4.84. The van der Waals surface area contributed by atoms with Crippen molar-refractivity contribution >= 4 is 5.91 Å². The molecule has 0 aliphatic heterocycles. The molecule has 0 saturated heterocycles. The highest BCUT2D eigenvalue weighted by Gasteiger charge is 2.52. The van der Waals surface area contributed by atoms with Gasteiger partial charge in [0.05, 0.1) is 17.7 Å². The van der Waals surface area contributed by atoms with Crippen LogP contribution in [0.15, 0.2) is 18.3 Å². The smallest absolute Gasteiger partial charge is 0.272 e. The van der Waals surface area contributed by atoms with Crippen molar-refractivity contribution in [2.24, 2.45) is 5.41 Å². The fraction of sp³-hybridized carbons (Fsp3) is 0.611. The van der Waals surface area contributed by atoms with Crippen LogP contribution in [0, 0.1) is 16.7 Å². The summed E-state index contributed by atoms with van der Waals surface area (Å²) in [5.41, 5.74) is 0.688. The zero-order chi connectivity index (χ0) is 17.0. The van der Waals surface area contributed by atoms with E-state index in [0.717, 1.165) is 25.9 Å². The molecule has 2 atom stereocenters. The van der Waals surface area contributed by atoms with Crippen LogP contribution in [0.25, 0.3) is 0 Å². The van der Waals surface area contributed by atoms with E-state index in [4.69, 9.17) is 10.00 Å². The van der Waals surface area contributed by atoms with Gasteiger partial charge in [0.15, 0.2) is 0 Å². The van der Waals surface area contributed by atoms with Crippen molar-refractivity contribution in [3.63, 3.8) is 0 Å². The molecule has 2 rings (SSSR count). The highest BCUT2D eigenvalue weighted by molar-refractivity contribution is 5.92. The molecule has 0 bridgehead atoms. The van der Waals surface area contributed by atoms with E-state index in [1.54, 1.807) is 24.1 Å². The molecule has 1 aliphatic rings. The van der Waals surface area contributed by atoms with Gasteiger partial charge in [-0.15, -0.1) is 0 Å². The van der Waals surface area contributed by atoms with E-state index in [2.05, 4.69) is 25.8 Å². The summed E-state index contributed by atoms with van der Waals surface area (Å²) >= 11 is 0. The molecule has 124 valence electrons. The lowest BCUT2D eigenvalue weighted by Crippen LogP contribution is -2.62. The number of rotatable bonds is 6. The number of nitrogens with zero attached hydrogens (tertiary/aromatic N) is 3. The van der Waals surface area contributed by atoms with Crippen LogP contribution < -0.4 is 0 Å². The number of unbranched alkanes of at least 4 members (excludes halogenated alkanes) is 1. The van der Waals surface area contributed by atoms with Crippen molar-refractivity contribution in [1.29, 1.82) is 5.26 Å². The van der Waals surface area contributed by atoms with Crippen molar-refractivity contribution in [2.45, 2.75) is 52.2 Å². The molecular formula is C18H25N3O2. The molecule has 1 amide bonds. The standard InChI is InChI=1S/C18H25N3O2/c1-5-6-9-23-16-11-15(18(16,2)3)21(4)17(22)14-10-13(12-19)7-8-20-14/h7-8,10,15-16H,5-6,9,11H2,1-4H3. The van der Waals surface area contributed by atoms with Crippen LogP contribution in [-0.2, 0) is 4.74 Å². The average Bonchev–Trinajstić information content (AvgIpc) is 2.56. The Hall–Kier alpha value is -1.93. The quantitative estimate of drug-likeness (QED) is 0.757. The third kappa shape index (κ3) is 3.53. The van der Waals surface area contributed by atoms with Crippen LogP contribution >= 0.6 is 0 Å². The second-order valence-corrected chi connectivity index (χ2v) is 6.74. The van der Waals surface area contributed by atoms with E-state index >= 15 is 0 Å². The van der Waals surface area contributed by atoms with E-state index in [1.165, 1.54) is 6.20 Å². The fourth-order valence-electron chi connectivity index (χ4n) is 3.11. The molecule has 2 unspecified atom stereocenters. The highest BCUT2D eigenvalue weighted by Crippen LogP contribution is 2.45. The molecule has 1 saturated carbocycles. The molecule has 1 fully saturated rings. The Morgan fingerprint density at radius 2 is 2.30 bits per heavy atom. The maximum atomic E-state index is 12.6. The topological polar surface area (TPSA) is 66.2 Å². The zero-order valence-electron chi connectivity index (χ0n) is 14.4. The molecule has 5 heteroatoms. The SMILES string of the molecule is CCCCOC1CC(N(C)C(=O)c2cc(C#N)ccn2)C1(C)C. The summed E-state index contributed by atoms with van der Waals surface area (Å²) in [6, 6.07) is 5.30. The lowest BCUT2D eigenvalue weighted by atomic mass is 9.63. The summed E-state index contributed by atoms with van der Waals surface area (Å²) in [7, 11) is 1.80. The molecule has 5 nitrogen and oxygen atoms in total. The van der Waals surface area contributed by atoms with E-state index in [1.807, 2.05) is 6.07 Å². The summed E-state index contributed by atoms with van der Waals surface area (Å²) in [5, 5.41) is 8.95. The van der Waals surface area contributed by atoms with Crippen molar-refractivity contribution in [1.82, 2.24) is 9.88 Å². The van der Waals surface area contributed by atoms with Crippen molar-refractivity contribution in [3.8, 4) is 6.07 Å². The second kappa shape index (κ2) is 7.10. The Morgan fingerprint density at radius 3 is 2.91 bits per heavy atom. The van der Waals surface area contributed by atoms with Gasteiger partial charge in [-0.1, -0.05) is 27.2 Å². The predicted octanol–water partition coefficient (Wildman–Crippen LogP) is 3.01. The number of carbonyl (C=O) groups excluding carboxylic acids is 1. The summed E-state index contributed by atoms with van der Waals surface area (Å²) in [5.74, 6) is -0.146. The minimum Gasteiger partial charge on any atom is -0.378 e. The number of pyridine rings is 1. The van der Waals surface area contributed by atoms with E-state index in [-0.39, 0.29) is 23.5 Å². The Labute approximate surface area is 138 Å². The first-order valence-electron chi connectivity index (χ1n) is 8.16. The van der Waals surface area contributed by atoms with Crippen LogP contribution in [0.2, 0.25) is 0 Å². The van der Waals surface area contributed by atoms with Gasteiger partial charge in [0.2, 0.25) is 0 Å². The minimum atomic E-state index is -0.146. The van der Waals surface area contributed by atoms with Crippen LogP contribution in [-0.4, -0.2) is 41.6 Å². The maximum Gasteiger partial charge on any atom is 0.272 e.